The van der Waals surface area contributed by atoms with Crippen LogP contribution in [0.3, 0.4) is 0 Å². The van der Waals surface area contributed by atoms with E-state index in [1.54, 1.807) is 11.0 Å². The number of nitrogens with two attached hydrogens (primary N) is 1. The summed E-state index contributed by atoms with van der Waals surface area (Å²) in [4.78, 5) is 25.7. The molecule has 2 N–H and O–H groups in total. The van der Waals surface area contributed by atoms with Crippen LogP contribution in [-0.2, 0) is 4.79 Å². The number of hydrogen-bond acceptors (Lipinski definition) is 5. The van der Waals surface area contributed by atoms with Gasteiger partial charge in [0.1, 0.15) is 11.5 Å². The van der Waals surface area contributed by atoms with Gasteiger partial charge in [-0.15, -0.1) is 0 Å². The van der Waals surface area contributed by atoms with Gasteiger partial charge >= 0.3 is 0 Å². The van der Waals surface area contributed by atoms with Crippen LogP contribution in [0.2, 0.25) is 0 Å². The topological polar surface area (TPSA) is 89.4 Å². The third-order valence-electron chi connectivity index (χ3n) is 4.31. The first-order valence-corrected chi connectivity index (χ1v) is 7.65. The molecule has 21 heavy (non-hydrogen) atoms. The van der Waals surface area contributed by atoms with Crippen molar-refractivity contribution in [3.05, 3.63) is 17.5 Å². The quantitative estimate of drug-likeness (QED) is 0.826. The van der Waals surface area contributed by atoms with E-state index in [2.05, 4.69) is 5.16 Å². The average molecular weight is 291 g/mol. The Hall–Kier alpha value is -1.69. The van der Waals surface area contributed by atoms with E-state index in [1.807, 2.05) is 0 Å². The lowest BCUT2D eigenvalue weighted by Crippen LogP contribution is -2.43. The molecule has 1 atom stereocenters. The molecule has 1 aromatic heterocycles. The summed E-state index contributed by atoms with van der Waals surface area (Å²) < 4.78 is 5.22. The third kappa shape index (κ3) is 3.32. The highest BCUT2D eigenvalue weighted by Crippen LogP contribution is 2.40. The molecule has 1 saturated heterocycles. The lowest BCUT2D eigenvalue weighted by Gasteiger charge is -2.32. The Labute approximate surface area is 123 Å². The fraction of sp³-hybridized carbons (Fsp3) is 0.667. The van der Waals surface area contributed by atoms with Crippen molar-refractivity contribution in [1.29, 1.82) is 0 Å². The van der Waals surface area contributed by atoms with E-state index in [0.717, 1.165) is 38.0 Å². The van der Waals surface area contributed by atoms with Crippen LogP contribution in [0.4, 0.5) is 0 Å². The van der Waals surface area contributed by atoms with Gasteiger partial charge in [0.15, 0.2) is 5.78 Å². The van der Waals surface area contributed by atoms with Crippen LogP contribution in [0.1, 0.15) is 54.3 Å². The molecule has 6 nitrogen and oxygen atoms in total. The first kappa shape index (κ1) is 14.3. The predicted molar refractivity (Wildman–Crippen MR) is 75.8 cm³/mol. The Kier molecular flexibility index (Phi) is 4.05. The number of ketones is 1. The summed E-state index contributed by atoms with van der Waals surface area (Å²) in [7, 11) is 0. The van der Waals surface area contributed by atoms with Gasteiger partial charge in [0.25, 0.3) is 0 Å². The maximum Gasteiger partial charge on any atom is 0.236 e. The summed E-state index contributed by atoms with van der Waals surface area (Å²) >= 11 is 0. The van der Waals surface area contributed by atoms with Crippen molar-refractivity contribution in [3.8, 4) is 0 Å². The van der Waals surface area contributed by atoms with Gasteiger partial charge in [0.05, 0.1) is 6.54 Å². The monoisotopic (exact) mass is 291 g/mol. The molecule has 1 saturated carbocycles. The number of carbonyl (C=O) groups excluding carboxylic acids is 2. The van der Waals surface area contributed by atoms with Crippen molar-refractivity contribution in [2.24, 2.45) is 11.7 Å². The number of Topliss-reactive ketones (excluding diaryl/α,β-unsaturated/α-hetero) is 1. The molecular formula is C15H21N3O3. The lowest BCUT2D eigenvalue weighted by molar-refractivity contribution is -0.131. The Morgan fingerprint density at radius 2 is 2.19 bits per heavy atom. The summed E-state index contributed by atoms with van der Waals surface area (Å²) in [6.45, 7) is 1.40. The molecule has 3 rings (SSSR count). The predicted octanol–water partition coefficient (Wildman–Crippen LogP) is 1.32. The number of likely N-dealkylation sites (tertiary alicyclic amines) is 1. The van der Waals surface area contributed by atoms with E-state index >= 15 is 0 Å². The van der Waals surface area contributed by atoms with Crippen LogP contribution >= 0.6 is 0 Å². The first-order valence-electron chi connectivity index (χ1n) is 7.65. The van der Waals surface area contributed by atoms with Gasteiger partial charge in [-0.3, -0.25) is 9.59 Å². The van der Waals surface area contributed by atoms with Crippen LogP contribution in [0, 0.1) is 5.92 Å². The van der Waals surface area contributed by atoms with Crippen LogP contribution in [0.25, 0.3) is 0 Å². The molecular weight excluding hydrogens is 270 g/mol. The molecule has 2 heterocycles. The average Bonchev–Trinajstić information content (AvgIpc) is 3.23. The van der Waals surface area contributed by atoms with Gasteiger partial charge < -0.3 is 15.2 Å². The van der Waals surface area contributed by atoms with Gasteiger partial charge in [0.2, 0.25) is 5.91 Å². The molecule has 0 spiro atoms. The van der Waals surface area contributed by atoms with Gasteiger partial charge in [0, 0.05) is 31.5 Å². The van der Waals surface area contributed by atoms with E-state index < -0.39 is 0 Å². The standard InChI is InChI=1S/C15H21N3O3/c16-8-15(20)18-5-1-2-10(9-18)6-13(19)12-7-14(21-17-12)11-3-4-11/h7,10-11H,1-6,8-9,16H2. The zero-order chi connectivity index (χ0) is 14.8. The summed E-state index contributed by atoms with van der Waals surface area (Å²) in [5, 5.41) is 3.89. The molecule has 1 amide bonds. The SMILES string of the molecule is NCC(=O)N1CCCC(CC(=O)c2cc(C3CC3)on2)C1. The van der Waals surface area contributed by atoms with Gasteiger partial charge in [-0.25, -0.2) is 0 Å². The first-order chi connectivity index (χ1) is 10.2. The lowest BCUT2D eigenvalue weighted by atomic mass is 9.92. The number of carbonyl (C=O) groups is 2. The van der Waals surface area contributed by atoms with Crippen LogP contribution < -0.4 is 5.73 Å². The van der Waals surface area contributed by atoms with Crippen LogP contribution in [-0.4, -0.2) is 41.4 Å². The second-order valence-corrected chi connectivity index (χ2v) is 6.07. The molecule has 1 aromatic rings. The molecule has 2 aliphatic rings. The molecule has 6 heteroatoms. The van der Waals surface area contributed by atoms with E-state index in [9.17, 15) is 9.59 Å². The second-order valence-electron chi connectivity index (χ2n) is 6.07. The maximum atomic E-state index is 12.3. The summed E-state index contributed by atoms with van der Waals surface area (Å²) in [5.41, 5.74) is 5.83. The highest BCUT2D eigenvalue weighted by atomic mass is 16.5. The summed E-state index contributed by atoms with van der Waals surface area (Å²) in [5.74, 6) is 1.47. The number of nitrogens with zero attached hydrogens (tertiary/aromatic N) is 2. The fourth-order valence-corrected chi connectivity index (χ4v) is 2.94. The Bertz CT molecular complexity index is 536. The third-order valence-corrected chi connectivity index (χ3v) is 4.31. The number of amides is 1. The number of piperidine rings is 1. The minimum Gasteiger partial charge on any atom is -0.360 e. The molecule has 0 aromatic carbocycles. The molecule has 1 aliphatic heterocycles. The highest BCUT2D eigenvalue weighted by molar-refractivity contribution is 5.94. The highest BCUT2D eigenvalue weighted by Gasteiger charge is 2.30. The van der Waals surface area contributed by atoms with Crippen molar-refractivity contribution in [2.45, 2.75) is 38.0 Å². The largest absolute Gasteiger partial charge is 0.360 e. The van der Waals surface area contributed by atoms with Crippen molar-refractivity contribution in [3.63, 3.8) is 0 Å². The number of rotatable bonds is 5. The zero-order valence-corrected chi connectivity index (χ0v) is 12.1. The molecule has 114 valence electrons. The van der Waals surface area contributed by atoms with E-state index in [0.29, 0.717) is 24.6 Å². The van der Waals surface area contributed by atoms with Crippen LogP contribution in [0.15, 0.2) is 10.6 Å². The second kappa shape index (κ2) is 5.97. The van der Waals surface area contributed by atoms with E-state index in [1.165, 1.54) is 0 Å². The van der Waals surface area contributed by atoms with Gasteiger partial charge in [-0.1, -0.05) is 5.16 Å². The molecule has 1 aliphatic carbocycles. The molecule has 1 unspecified atom stereocenters. The molecule has 0 bridgehead atoms. The molecule has 0 radical (unpaired) electrons. The van der Waals surface area contributed by atoms with Crippen molar-refractivity contribution in [1.82, 2.24) is 10.1 Å². The maximum absolute atomic E-state index is 12.3. The van der Waals surface area contributed by atoms with Gasteiger partial charge in [-0.2, -0.15) is 0 Å². The van der Waals surface area contributed by atoms with Crippen molar-refractivity contribution >= 4 is 11.7 Å². The van der Waals surface area contributed by atoms with E-state index in [-0.39, 0.29) is 24.2 Å². The Morgan fingerprint density at radius 1 is 1.38 bits per heavy atom. The normalized spacial score (nSPS) is 22.3. The fourth-order valence-electron chi connectivity index (χ4n) is 2.94. The Balaban J connectivity index is 1.57. The van der Waals surface area contributed by atoms with E-state index in [4.69, 9.17) is 10.3 Å². The van der Waals surface area contributed by atoms with Crippen molar-refractivity contribution < 1.29 is 14.1 Å². The Morgan fingerprint density at radius 3 is 2.90 bits per heavy atom. The minimum absolute atomic E-state index is 0.0118. The number of aromatic nitrogens is 1. The summed E-state index contributed by atoms with van der Waals surface area (Å²) in [6.07, 6.45) is 4.57. The van der Waals surface area contributed by atoms with Gasteiger partial charge in [-0.05, 0) is 31.6 Å². The minimum atomic E-state index is -0.0374. The van der Waals surface area contributed by atoms with Crippen LogP contribution in [0.5, 0.6) is 0 Å². The zero-order valence-electron chi connectivity index (χ0n) is 12.1. The molecule has 2 fully saturated rings. The van der Waals surface area contributed by atoms with Crippen molar-refractivity contribution in [2.75, 3.05) is 19.6 Å². The number of hydrogen-bond donors (Lipinski definition) is 1. The smallest absolute Gasteiger partial charge is 0.236 e. The summed E-state index contributed by atoms with van der Waals surface area (Å²) in [6, 6.07) is 1.78.